The fraction of sp³-hybridized carbons (Fsp3) is 0.444. The fourth-order valence-corrected chi connectivity index (χ4v) is 6.01. The Bertz CT molecular complexity index is 1260. The van der Waals surface area contributed by atoms with Crippen LogP contribution in [0, 0.1) is 18.7 Å². The third kappa shape index (κ3) is 3.49. The van der Waals surface area contributed by atoms with Crippen LogP contribution < -0.4 is 4.90 Å². The zero-order chi connectivity index (χ0) is 23.4. The van der Waals surface area contributed by atoms with Crippen LogP contribution in [0.2, 0.25) is 0 Å². The molecule has 7 heteroatoms. The topological polar surface area (TPSA) is 66.2 Å². The number of fused-ring (bicyclic) bond motifs is 2. The molecule has 0 spiro atoms. The van der Waals surface area contributed by atoms with E-state index in [-0.39, 0.29) is 17.8 Å². The molecule has 0 radical (unpaired) electrons. The van der Waals surface area contributed by atoms with Gasteiger partial charge in [-0.3, -0.25) is 9.69 Å². The number of aliphatic carboxylic acids is 1. The molecule has 2 fully saturated rings. The highest BCUT2D eigenvalue weighted by atomic mass is 19.1. The lowest BCUT2D eigenvalue weighted by Gasteiger charge is -2.30. The van der Waals surface area contributed by atoms with Gasteiger partial charge in [-0.2, -0.15) is 0 Å². The van der Waals surface area contributed by atoms with Gasteiger partial charge in [0.05, 0.1) is 19.1 Å². The Morgan fingerprint density at radius 3 is 2.74 bits per heavy atom. The Hall–Kier alpha value is -2.90. The number of ether oxygens (including phenoxy) is 1. The van der Waals surface area contributed by atoms with Gasteiger partial charge in [-0.25, -0.2) is 4.39 Å². The van der Waals surface area contributed by atoms with Gasteiger partial charge in [0.2, 0.25) is 0 Å². The third-order valence-electron chi connectivity index (χ3n) is 7.84. The van der Waals surface area contributed by atoms with Gasteiger partial charge in [-0.1, -0.05) is 12.1 Å². The van der Waals surface area contributed by atoms with Crippen molar-refractivity contribution in [2.75, 3.05) is 44.3 Å². The SMILES string of the molecule is Cc1c(-c2cc3cc4c(c(F)c3o2)CC[C@H]4N2CC[C@@H](C(=O)O)C2)cccc1N1CCOCC1. The second-order valence-corrected chi connectivity index (χ2v) is 9.71. The van der Waals surface area contributed by atoms with Crippen LogP contribution in [-0.2, 0) is 16.0 Å². The Labute approximate surface area is 197 Å². The minimum atomic E-state index is -0.739. The summed E-state index contributed by atoms with van der Waals surface area (Å²) in [6.07, 6.45) is 2.12. The van der Waals surface area contributed by atoms with E-state index in [0.29, 0.717) is 30.7 Å². The highest BCUT2D eigenvalue weighted by molar-refractivity contribution is 5.86. The van der Waals surface area contributed by atoms with Gasteiger partial charge in [-0.15, -0.1) is 0 Å². The van der Waals surface area contributed by atoms with Gasteiger partial charge < -0.3 is 19.2 Å². The van der Waals surface area contributed by atoms with Crippen LogP contribution in [0.5, 0.6) is 0 Å². The second kappa shape index (κ2) is 8.40. The van der Waals surface area contributed by atoms with Gasteiger partial charge in [0.1, 0.15) is 5.76 Å². The van der Waals surface area contributed by atoms with E-state index < -0.39 is 5.97 Å². The highest BCUT2D eigenvalue weighted by Gasteiger charge is 2.37. The first-order valence-corrected chi connectivity index (χ1v) is 12.2. The molecule has 3 heterocycles. The van der Waals surface area contributed by atoms with Crippen molar-refractivity contribution in [2.24, 2.45) is 5.92 Å². The molecule has 1 aliphatic carbocycles. The fourth-order valence-electron chi connectivity index (χ4n) is 6.01. The first kappa shape index (κ1) is 21.6. The maximum Gasteiger partial charge on any atom is 0.307 e. The molecule has 3 aromatic rings. The van der Waals surface area contributed by atoms with E-state index >= 15 is 4.39 Å². The van der Waals surface area contributed by atoms with Gasteiger partial charge in [0, 0.05) is 42.3 Å². The number of likely N-dealkylation sites (tertiary alicyclic amines) is 1. The normalized spacial score (nSPS) is 23.1. The Balaban J connectivity index is 1.36. The van der Waals surface area contributed by atoms with E-state index in [0.717, 1.165) is 72.6 Å². The van der Waals surface area contributed by atoms with Crippen LogP contribution in [-0.4, -0.2) is 55.4 Å². The predicted octanol–water partition coefficient (Wildman–Crippen LogP) is 4.78. The molecule has 6 nitrogen and oxygen atoms in total. The van der Waals surface area contributed by atoms with Gasteiger partial charge in [0.15, 0.2) is 11.4 Å². The molecule has 1 aromatic heterocycles. The number of morpholine rings is 1. The van der Waals surface area contributed by atoms with Crippen LogP contribution in [0.1, 0.15) is 35.6 Å². The summed E-state index contributed by atoms with van der Waals surface area (Å²) in [6.45, 7) is 6.51. The summed E-state index contributed by atoms with van der Waals surface area (Å²) in [6, 6.07) is 10.3. The summed E-state index contributed by atoms with van der Waals surface area (Å²) in [7, 11) is 0. The molecule has 0 unspecified atom stereocenters. The van der Waals surface area contributed by atoms with E-state index in [2.05, 4.69) is 28.9 Å². The van der Waals surface area contributed by atoms with Gasteiger partial charge in [-0.05, 0) is 67.6 Å². The minimum Gasteiger partial charge on any atom is -0.481 e. The number of carbonyl (C=O) groups is 1. The number of carboxylic acids is 1. The van der Waals surface area contributed by atoms with Crippen molar-refractivity contribution in [2.45, 2.75) is 32.2 Å². The molecule has 0 bridgehead atoms. The summed E-state index contributed by atoms with van der Waals surface area (Å²) >= 11 is 0. The Kier molecular flexibility index (Phi) is 5.34. The number of anilines is 1. The van der Waals surface area contributed by atoms with E-state index in [1.165, 1.54) is 0 Å². The first-order chi connectivity index (χ1) is 16.5. The standard InChI is InChI=1S/C27H29FN2O4/c1-16-19(3-2-4-22(16)29-9-11-33-12-10-29)24-14-18-13-21-20(25(28)26(18)34-24)5-6-23(21)30-8-7-17(15-30)27(31)32/h2-4,13-14,17,23H,5-12,15H2,1H3,(H,31,32)/t17-,23-/m1/s1. The number of carboxylic acid groups (broad SMARTS) is 1. The van der Waals surface area contributed by atoms with Crippen LogP contribution in [0.3, 0.4) is 0 Å². The summed E-state index contributed by atoms with van der Waals surface area (Å²) in [5, 5.41) is 10.1. The van der Waals surface area contributed by atoms with Crippen LogP contribution >= 0.6 is 0 Å². The van der Waals surface area contributed by atoms with Crippen molar-refractivity contribution in [3.05, 3.63) is 52.8 Å². The van der Waals surface area contributed by atoms with Crippen molar-refractivity contribution in [3.8, 4) is 11.3 Å². The largest absolute Gasteiger partial charge is 0.481 e. The molecule has 3 aliphatic rings. The average Bonchev–Trinajstić information content (AvgIpc) is 3.58. The van der Waals surface area contributed by atoms with Crippen molar-refractivity contribution in [3.63, 3.8) is 0 Å². The number of rotatable bonds is 4. The van der Waals surface area contributed by atoms with E-state index in [1.54, 1.807) is 0 Å². The Morgan fingerprint density at radius 1 is 1.15 bits per heavy atom. The first-order valence-electron chi connectivity index (χ1n) is 12.2. The molecule has 2 aliphatic heterocycles. The molecule has 0 amide bonds. The molecule has 0 saturated carbocycles. The smallest absolute Gasteiger partial charge is 0.307 e. The lowest BCUT2D eigenvalue weighted by atomic mass is 10.0. The molecule has 2 atom stereocenters. The number of nitrogens with zero attached hydrogens (tertiary/aromatic N) is 2. The van der Waals surface area contributed by atoms with Crippen molar-refractivity contribution in [1.29, 1.82) is 0 Å². The summed E-state index contributed by atoms with van der Waals surface area (Å²) in [5.41, 5.74) is 5.27. The summed E-state index contributed by atoms with van der Waals surface area (Å²) in [4.78, 5) is 16.0. The molecule has 6 rings (SSSR count). The van der Waals surface area contributed by atoms with Crippen molar-refractivity contribution in [1.82, 2.24) is 4.90 Å². The van der Waals surface area contributed by atoms with Crippen LogP contribution in [0.25, 0.3) is 22.3 Å². The summed E-state index contributed by atoms with van der Waals surface area (Å²) in [5.74, 6) is -0.664. The van der Waals surface area contributed by atoms with Crippen LogP contribution in [0.4, 0.5) is 10.1 Å². The minimum absolute atomic E-state index is 0.0722. The quantitative estimate of drug-likeness (QED) is 0.600. The lowest BCUT2D eigenvalue weighted by Crippen LogP contribution is -2.36. The molecule has 178 valence electrons. The molecular formula is C27H29FN2O4. The molecule has 34 heavy (non-hydrogen) atoms. The maximum absolute atomic E-state index is 15.6. The number of furan rings is 1. The third-order valence-corrected chi connectivity index (χ3v) is 7.84. The second-order valence-electron chi connectivity index (χ2n) is 9.71. The monoisotopic (exact) mass is 464 g/mol. The van der Waals surface area contributed by atoms with Crippen LogP contribution in [0.15, 0.2) is 34.7 Å². The van der Waals surface area contributed by atoms with Gasteiger partial charge >= 0.3 is 5.97 Å². The van der Waals surface area contributed by atoms with E-state index in [1.807, 2.05) is 18.2 Å². The lowest BCUT2D eigenvalue weighted by molar-refractivity contribution is -0.141. The number of halogens is 1. The molecular weight excluding hydrogens is 435 g/mol. The number of benzene rings is 2. The zero-order valence-electron chi connectivity index (χ0n) is 19.3. The molecule has 2 saturated heterocycles. The zero-order valence-corrected chi connectivity index (χ0v) is 19.3. The van der Waals surface area contributed by atoms with Gasteiger partial charge in [0.25, 0.3) is 0 Å². The van der Waals surface area contributed by atoms with E-state index in [9.17, 15) is 9.90 Å². The van der Waals surface area contributed by atoms with E-state index in [4.69, 9.17) is 9.15 Å². The van der Waals surface area contributed by atoms with Crippen molar-refractivity contribution >= 4 is 22.6 Å². The Morgan fingerprint density at radius 2 is 1.97 bits per heavy atom. The highest BCUT2D eigenvalue weighted by Crippen LogP contribution is 2.44. The predicted molar refractivity (Wildman–Crippen MR) is 128 cm³/mol. The molecule has 1 N–H and O–H groups in total. The summed E-state index contributed by atoms with van der Waals surface area (Å²) < 4.78 is 27.2. The number of hydrogen-bond donors (Lipinski definition) is 1. The average molecular weight is 465 g/mol. The van der Waals surface area contributed by atoms with Crippen molar-refractivity contribution < 1.29 is 23.4 Å². The number of hydrogen-bond acceptors (Lipinski definition) is 5. The maximum atomic E-state index is 15.6. The molecule has 2 aromatic carbocycles.